The van der Waals surface area contributed by atoms with E-state index in [1.807, 2.05) is 6.08 Å². The van der Waals surface area contributed by atoms with Gasteiger partial charge in [0.2, 0.25) is 0 Å². The van der Waals surface area contributed by atoms with Gasteiger partial charge in [0.1, 0.15) is 4.49 Å². The molecule has 1 aliphatic carbocycles. The minimum absolute atomic E-state index is 0.387. The molecule has 0 aromatic carbocycles. The molecule has 1 aliphatic rings. The quantitative estimate of drug-likeness (QED) is 0.637. The van der Waals surface area contributed by atoms with E-state index < -0.39 is 0 Å². The molecule has 1 unspecified atom stereocenters. The van der Waals surface area contributed by atoms with Gasteiger partial charge in [-0.1, -0.05) is 42.6 Å². The van der Waals surface area contributed by atoms with Crippen LogP contribution >= 0.6 is 23.2 Å². The lowest BCUT2D eigenvalue weighted by Gasteiger charge is -2.10. The van der Waals surface area contributed by atoms with Gasteiger partial charge in [0.15, 0.2) is 0 Å². The lowest BCUT2D eigenvalue weighted by molar-refractivity contribution is 0.572. The number of halogens is 2. The second-order valence-corrected chi connectivity index (χ2v) is 4.49. The van der Waals surface area contributed by atoms with E-state index in [-0.39, 0.29) is 0 Å². The summed E-state index contributed by atoms with van der Waals surface area (Å²) in [4.78, 5) is 0. The summed E-state index contributed by atoms with van der Waals surface area (Å²) in [7, 11) is 0. The molecule has 0 saturated carbocycles. The van der Waals surface area contributed by atoms with E-state index in [1.165, 1.54) is 18.4 Å². The molecule has 13 heavy (non-hydrogen) atoms. The van der Waals surface area contributed by atoms with Gasteiger partial charge in [-0.05, 0) is 43.3 Å². The Morgan fingerprint density at radius 3 is 2.62 bits per heavy atom. The van der Waals surface area contributed by atoms with Crippen molar-refractivity contribution in [3.63, 3.8) is 0 Å². The highest BCUT2D eigenvalue weighted by Gasteiger charge is 2.21. The van der Waals surface area contributed by atoms with Crippen LogP contribution in [0.2, 0.25) is 0 Å². The smallest absolute Gasteiger partial charge is 0.0709 e. The summed E-state index contributed by atoms with van der Waals surface area (Å²) in [5.74, 6) is 0.768. The summed E-state index contributed by atoms with van der Waals surface area (Å²) in [6, 6.07) is 0. The molecule has 0 bridgehead atoms. The van der Waals surface area contributed by atoms with E-state index in [0.29, 0.717) is 4.49 Å². The van der Waals surface area contributed by atoms with Gasteiger partial charge in [0, 0.05) is 0 Å². The van der Waals surface area contributed by atoms with Crippen molar-refractivity contribution in [1.82, 2.24) is 0 Å². The van der Waals surface area contributed by atoms with Crippen LogP contribution < -0.4 is 0 Å². The molecule has 0 fully saturated rings. The fourth-order valence-corrected chi connectivity index (χ4v) is 2.45. The number of hydrogen-bond donors (Lipinski definition) is 0. The molecule has 0 nitrogen and oxygen atoms in total. The highest BCUT2D eigenvalue weighted by Crippen LogP contribution is 2.37. The van der Waals surface area contributed by atoms with Crippen LogP contribution in [0.25, 0.3) is 0 Å². The molecule has 0 heterocycles. The lowest BCUT2D eigenvalue weighted by Crippen LogP contribution is -1.95. The zero-order valence-corrected chi connectivity index (χ0v) is 9.75. The molecular weight excluding hydrogens is 203 g/mol. The molecular formula is C11H16Cl2. The standard InChI is InChI=1S/C11H16Cl2/c1-3-8-5-6-9(7-11(12)13)10(8)4-2/h7-8H,3-6H2,1-2H3. The average Bonchev–Trinajstić information content (AvgIpc) is 2.45. The van der Waals surface area contributed by atoms with Crippen molar-refractivity contribution in [2.75, 3.05) is 0 Å². The molecule has 2 heteroatoms. The third kappa shape index (κ3) is 2.75. The molecule has 0 aromatic heterocycles. The normalized spacial score (nSPS) is 22.3. The number of rotatable bonds is 3. The maximum atomic E-state index is 5.66. The molecule has 0 aromatic rings. The second kappa shape index (κ2) is 5.07. The van der Waals surface area contributed by atoms with Crippen molar-refractivity contribution in [2.45, 2.75) is 39.5 Å². The van der Waals surface area contributed by atoms with Gasteiger partial charge in [0.05, 0.1) is 0 Å². The first-order valence-electron chi connectivity index (χ1n) is 4.93. The van der Waals surface area contributed by atoms with Gasteiger partial charge in [-0.15, -0.1) is 0 Å². The van der Waals surface area contributed by atoms with Gasteiger partial charge >= 0.3 is 0 Å². The number of allylic oxidation sites excluding steroid dienone is 3. The van der Waals surface area contributed by atoms with Gasteiger partial charge in [-0.25, -0.2) is 0 Å². The topological polar surface area (TPSA) is 0 Å². The van der Waals surface area contributed by atoms with Gasteiger partial charge < -0.3 is 0 Å². The molecule has 0 aliphatic heterocycles. The molecule has 0 spiro atoms. The summed E-state index contributed by atoms with van der Waals surface area (Å²) in [6.07, 6.45) is 6.70. The highest BCUT2D eigenvalue weighted by molar-refractivity contribution is 6.56. The maximum Gasteiger partial charge on any atom is 0.107 e. The van der Waals surface area contributed by atoms with E-state index in [0.717, 1.165) is 18.8 Å². The van der Waals surface area contributed by atoms with Crippen molar-refractivity contribution >= 4 is 23.2 Å². The monoisotopic (exact) mass is 218 g/mol. The Morgan fingerprint density at radius 1 is 1.46 bits per heavy atom. The van der Waals surface area contributed by atoms with Crippen LogP contribution in [0.15, 0.2) is 21.7 Å². The molecule has 74 valence electrons. The Kier molecular flexibility index (Phi) is 4.34. The Balaban J connectivity index is 2.86. The molecule has 0 radical (unpaired) electrons. The van der Waals surface area contributed by atoms with E-state index in [4.69, 9.17) is 23.2 Å². The van der Waals surface area contributed by atoms with Crippen LogP contribution in [0.4, 0.5) is 0 Å². The first-order valence-corrected chi connectivity index (χ1v) is 5.69. The molecule has 0 amide bonds. The Morgan fingerprint density at radius 2 is 2.15 bits per heavy atom. The zero-order valence-electron chi connectivity index (χ0n) is 8.24. The summed E-state index contributed by atoms with van der Waals surface area (Å²) in [6.45, 7) is 4.45. The number of hydrogen-bond acceptors (Lipinski definition) is 0. The van der Waals surface area contributed by atoms with Crippen LogP contribution in [-0.2, 0) is 0 Å². The zero-order chi connectivity index (χ0) is 9.84. The summed E-state index contributed by atoms with van der Waals surface area (Å²) in [5, 5.41) is 0. The molecule has 1 rings (SSSR count). The van der Waals surface area contributed by atoms with Crippen LogP contribution in [-0.4, -0.2) is 0 Å². The van der Waals surface area contributed by atoms with Crippen LogP contribution in [0, 0.1) is 5.92 Å². The van der Waals surface area contributed by atoms with Gasteiger partial charge in [0.25, 0.3) is 0 Å². The average molecular weight is 219 g/mol. The maximum absolute atomic E-state index is 5.66. The Labute approximate surface area is 90.6 Å². The molecule has 0 saturated heterocycles. The van der Waals surface area contributed by atoms with Crippen LogP contribution in [0.3, 0.4) is 0 Å². The Bertz CT molecular complexity index is 234. The van der Waals surface area contributed by atoms with Gasteiger partial charge in [-0.3, -0.25) is 0 Å². The highest BCUT2D eigenvalue weighted by atomic mass is 35.5. The largest absolute Gasteiger partial charge is 0.107 e. The van der Waals surface area contributed by atoms with Gasteiger partial charge in [-0.2, -0.15) is 0 Å². The third-order valence-electron chi connectivity index (χ3n) is 2.82. The van der Waals surface area contributed by atoms with E-state index in [9.17, 15) is 0 Å². The van der Waals surface area contributed by atoms with E-state index in [1.54, 1.807) is 5.57 Å². The van der Waals surface area contributed by atoms with Crippen molar-refractivity contribution in [3.05, 3.63) is 21.7 Å². The molecule has 0 N–H and O–H groups in total. The Hall–Kier alpha value is 0.0600. The fraction of sp³-hybridized carbons (Fsp3) is 0.636. The van der Waals surface area contributed by atoms with Crippen molar-refractivity contribution in [1.29, 1.82) is 0 Å². The van der Waals surface area contributed by atoms with Crippen molar-refractivity contribution < 1.29 is 0 Å². The third-order valence-corrected chi connectivity index (χ3v) is 3.04. The van der Waals surface area contributed by atoms with E-state index >= 15 is 0 Å². The molecule has 1 atom stereocenters. The summed E-state index contributed by atoms with van der Waals surface area (Å²) >= 11 is 11.3. The predicted molar refractivity (Wildman–Crippen MR) is 60.1 cm³/mol. The minimum Gasteiger partial charge on any atom is -0.0709 e. The SMILES string of the molecule is CCC1=C(C=C(Cl)Cl)CCC1CC. The van der Waals surface area contributed by atoms with E-state index in [2.05, 4.69) is 13.8 Å². The predicted octanol–water partition coefficient (Wildman–Crippen LogP) is 4.83. The first kappa shape index (κ1) is 11.1. The lowest BCUT2D eigenvalue weighted by atomic mass is 9.96. The van der Waals surface area contributed by atoms with Crippen molar-refractivity contribution in [2.24, 2.45) is 5.92 Å². The fourth-order valence-electron chi connectivity index (χ4n) is 2.19. The second-order valence-electron chi connectivity index (χ2n) is 3.48. The summed E-state index contributed by atoms with van der Waals surface area (Å²) in [5.41, 5.74) is 2.93. The van der Waals surface area contributed by atoms with Crippen LogP contribution in [0.1, 0.15) is 39.5 Å². The summed E-state index contributed by atoms with van der Waals surface area (Å²) < 4.78 is 0.387. The minimum atomic E-state index is 0.387. The first-order chi connectivity index (χ1) is 6.19. The van der Waals surface area contributed by atoms with Crippen molar-refractivity contribution in [3.8, 4) is 0 Å². The van der Waals surface area contributed by atoms with Crippen LogP contribution in [0.5, 0.6) is 0 Å².